The Labute approximate surface area is 274 Å². The highest BCUT2D eigenvalue weighted by atomic mass is 32.3. The molecule has 1 fully saturated rings. The number of carbonyl (C=O) groups is 1. The number of ether oxygens (including phenoxy) is 2. The molecule has 1 aliphatic heterocycles. The predicted molar refractivity (Wildman–Crippen MR) is 189 cm³/mol. The normalized spacial score (nSPS) is 12.3. The van der Waals surface area contributed by atoms with Crippen molar-refractivity contribution in [1.82, 2.24) is 4.31 Å². The number of sulfonamides is 1. The molecule has 11 nitrogen and oxygen atoms in total. The predicted octanol–water partition coefficient (Wildman–Crippen LogP) is 7.47. The summed E-state index contributed by atoms with van der Waals surface area (Å²) in [6.45, 7) is 15.8. The van der Waals surface area contributed by atoms with Crippen molar-refractivity contribution in [3.8, 4) is 5.75 Å². The fourth-order valence-corrected chi connectivity index (χ4v) is 5.10. The lowest BCUT2D eigenvalue weighted by molar-refractivity contribution is 0.198. The number of benzene rings is 2. The zero-order chi connectivity index (χ0) is 35.3. The minimum Gasteiger partial charge on any atom is -0.497 e. The number of methoxy groups -OCH3 is 1. The van der Waals surface area contributed by atoms with E-state index < -0.39 is 26.9 Å². The number of nitrogens with zero attached hydrogens (tertiary/aromatic N) is 1. The van der Waals surface area contributed by atoms with Crippen LogP contribution in [0.1, 0.15) is 79.2 Å². The van der Waals surface area contributed by atoms with E-state index in [-0.39, 0.29) is 0 Å². The second-order valence-corrected chi connectivity index (χ2v) is 13.8. The SMILES string of the molecule is C1CCOC1.CC.CCC.COc1ccc(S(O)(O)N(CCCCc2ccccc2)CC(C)C)cc1.CS(N)(=O)=O.NC(=O)O. The maximum atomic E-state index is 10.9. The molecule has 3 rings (SSSR count). The van der Waals surface area contributed by atoms with E-state index in [1.807, 2.05) is 24.2 Å². The lowest BCUT2D eigenvalue weighted by Gasteiger charge is -2.44. The minimum atomic E-state index is -3.17. The first-order valence-corrected chi connectivity index (χ1v) is 18.8. The molecule has 1 aliphatic rings. The van der Waals surface area contributed by atoms with E-state index in [9.17, 15) is 17.5 Å². The van der Waals surface area contributed by atoms with E-state index in [1.54, 1.807) is 31.4 Å². The van der Waals surface area contributed by atoms with E-state index in [4.69, 9.17) is 19.4 Å². The molecule has 0 spiro atoms. The molecule has 0 unspecified atom stereocenters. The van der Waals surface area contributed by atoms with Gasteiger partial charge in [-0.25, -0.2) is 22.7 Å². The molecule has 2 aromatic carbocycles. The summed E-state index contributed by atoms with van der Waals surface area (Å²) in [6, 6.07) is 17.4. The Hall–Kier alpha value is -2.39. The number of aryl methyl sites for hydroxylation is 1. The summed E-state index contributed by atoms with van der Waals surface area (Å²) in [5.74, 6) is 1.07. The number of hydrogen-bond acceptors (Lipinski definition) is 8. The van der Waals surface area contributed by atoms with Crippen LogP contribution in [0.3, 0.4) is 0 Å². The summed E-state index contributed by atoms with van der Waals surface area (Å²) in [4.78, 5) is 9.32. The van der Waals surface area contributed by atoms with Crippen molar-refractivity contribution in [1.29, 1.82) is 0 Å². The number of carboxylic acid groups (broad SMARTS) is 1. The summed E-state index contributed by atoms with van der Waals surface area (Å²) in [5.41, 5.74) is 5.35. The third-order valence-electron chi connectivity index (χ3n) is 5.10. The van der Waals surface area contributed by atoms with Crippen LogP contribution in [-0.4, -0.2) is 72.7 Å². The fraction of sp³-hybridized carbons (Fsp3) is 0.594. The van der Waals surface area contributed by atoms with E-state index >= 15 is 0 Å². The monoisotopic (exact) mass is 679 g/mol. The molecular weight excluding hydrogens is 618 g/mol. The van der Waals surface area contributed by atoms with Crippen molar-refractivity contribution in [2.45, 2.75) is 85.0 Å². The topological polar surface area (TPSA) is 186 Å². The molecule has 0 radical (unpaired) electrons. The standard InChI is InChI=1S/C21H31NO3S.C4H8O.C3H8.C2H6.CH5NO2S.CH3NO2/c1-18(2)17-22(16-8-7-11-19-9-5-4-6-10-19)26(23,24)21-14-12-20(25-3)13-15-21;1-2-4-5-3-1;1-3-2;1-2;1-5(2,3)4;2-1(3)4/h4-6,9-10,12-15,18,23-24H,7-8,11,16-17H2,1-3H3;1-4H2;3H2,1-2H3;1-2H3;1H3,(H2,2,3,4);2H2,(H,3,4). The Balaban J connectivity index is -0.000000752. The average Bonchev–Trinajstić information content (AvgIpc) is 3.56. The van der Waals surface area contributed by atoms with Gasteiger partial charge in [0.05, 0.1) is 18.3 Å². The van der Waals surface area contributed by atoms with E-state index in [0.717, 1.165) is 38.7 Å². The van der Waals surface area contributed by atoms with Gasteiger partial charge in [0, 0.05) is 26.3 Å². The summed E-state index contributed by atoms with van der Waals surface area (Å²) >= 11 is 0. The number of primary sulfonamides is 1. The van der Waals surface area contributed by atoms with Gasteiger partial charge < -0.3 is 20.3 Å². The van der Waals surface area contributed by atoms with E-state index in [1.165, 1.54) is 24.8 Å². The number of amides is 1. The van der Waals surface area contributed by atoms with Crippen LogP contribution in [0.2, 0.25) is 0 Å². The molecular formula is C32H61N3O8S2. The van der Waals surface area contributed by atoms with Gasteiger partial charge in [-0.1, -0.05) is 78.3 Å². The van der Waals surface area contributed by atoms with Gasteiger partial charge in [-0.15, -0.1) is 10.8 Å². The molecule has 0 saturated carbocycles. The van der Waals surface area contributed by atoms with E-state index in [2.05, 4.69) is 62.8 Å². The molecule has 264 valence electrons. The van der Waals surface area contributed by atoms with Gasteiger partial charge in [0.15, 0.2) is 0 Å². The molecule has 7 N–H and O–H groups in total. The third kappa shape index (κ3) is 31.4. The first-order chi connectivity index (χ1) is 21.1. The number of primary amides is 1. The van der Waals surface area contributed by atoms with Crippen LogP contribution in [0, 0.1) is 5.92 Å². The average molecular weight is 680 g/mol. The van der Waals surface area contributed by atoms with Gasteiger partial charge in [0.1, 0.15) is 5.75 Å². The minimum absolute atomic E-state index is 0.355. The lowest BCUT2D eigenvalue weighted by atomic mass is 10.1. The summed E-state index contributed by atoms with van der Waals surface area (Å²) < 4.78 is 52.6. The fourth-order valence-electron chi connectivity index (χ4n) is 3.41. The Morgan fingerprint density at radius 2 is 1.42 bits per heavy atom. The zero-order valence-electron chi connectivity index (χ0n) is 28.6. The molecule has 0 aromatic heterocycles. The van der Waals surface area contributed by atoms with Crippen LogP contribution in [0.5, 0.6) is 5.75 Å². The molecule has 0 aliphatic carbocycles. The van der Waals surface area contributed by atoms with Gasteiger partial charge in [-0.3, -0.25) is 9.11 Å². The number of unbranched alkanes of at least 4 members (excludes halogenated alkanes) is 1. The molecule has 13 heteroatoms. The van der Waals surface area contributed by atoms with Crippen molar-refractivity contribution >= 4 is 26.9 Å². The van der Waals surface area contributed by atoms with Crippen molar-refractivity contribution < 1.29 is 36.9 Å². The lowest BCUT2D eigenvalue weighted by Crippen LogP contribution is -2.32. The second-order valence-electron chi connectivity index (χ2n) is 10.1. The summed E-state index contributed by atoms with van der Waals surface area (Å²) in [5, 5.41) is 11.5. The number of hydrogen-bond donors (Lipinski definition) is 5. The maximum Gasteiger partial charge on any atom is 0.402 e. The largest absolute Gasteiger partial charge is 0.497 e. The second kappa shape index (κ2) is 29.0. The third-order valence-corrected chi connectivity index (χ3v) is 7.05. The zero-order valence-corrected chi connectivity index (χ0v) is 30.3. The first-order valence-electron chi connectivity index (χ1n) is 15.3. The van der Waals surface area contributed by atoms with Gasteiger partial charge >= 0.3 is 6.09 Å². The summed E-state index contributed by atoms with van der Waals surface area (Å²) in [6.07, 6.45) is 6.37. The Kier molecular flexibility index (Phi) is 30.3. The van der Waals surface area contributed by atoms with Crippen LogP contribution in [0.25, 0.3) is 0 Å². The highest BCUT2D eigenvalue weighted by Gasteiger charge is 2.25. The summed E-state index contributed by atoms with van der Waals surface area (Å²) in [7, 11) is -4.55. The molecule has 0 atom stereocenters. The van der Waals surface area contributed by atoms with Crippen LogP contribution in [-0.2, 0) is 21.2 Å². The van der Waals surface area contributed by atoms with Gasteiger partial charge in [0.2, 0.25) is 10.0 Å². The molecule has 1 amide bonds. The molecule has 1 heterocycles. The molecule has 45 heavy (non-hydrogen) atoms. The van der Waals surface area contributed by atoms with Gasteiger partial charge in [-0.05, 0) is 67.9 Å². The number of nitrogens with two attached hydrogens (primary N) is 2. The molecule has 2 aromatic rings. The first kappa shape index (κ1) is 47.0. The maximum absolute atomic E-state index is 10.9. The van der Waals surface area contributed by atoms with Crippen LogP contribution < -0.4 is 15.6 Å². The van der Waals surface area contributed by atoms with Gasteiger partial charge in [-0.2, -0.15) is 0 Å². The highest BCUT2D eigenvalue weighted by Crippen LogP contribution is 2.52. The Morgan fingerprint density at radius 3 is 1.78 bits per heavy atom. The van der Waals surface area contributed by atoms with E-state index in [0.29, 0.717) is 29.7 Å². The van der Waals surface area contributed by atoms with Crippen molar-refractivity contribution in [2.75, 3.05) is 39.7 Å². The van der Waals surface area contributed by atoms with Gasteiger partial charge in [0.25, 0.3) is 0 Å². The van der Waals surface area contributed by atoms with Crippen molar-refractivity contribution in [3.63, 3.8) is 0 Å². The molecule has 1 saturated heterocycles. The quantitative estimate of drug-likeness (QED) is 0.159. The molecule has 0 bridgehead atoms. The number of rotatable bonds is 10. The van der Waals surface area contributed by atoms with Crippen LogP contribution >= 0.6 is 10.8 Å². The van der Waals surface area contributed by atoms with Crippen molar-refractivity contribution in [3.05, 3.63) is 60.2 Å². The Bertz CT molecular complexity index is 1030. The van der Waals surface area contributed by atoms with Crippen LogP contribution in [0.15, 0.2) is 59.5 Å². The van der Waals surface area contributed by atoms with Crippen molar-refractivity contribution in [2.24, 2.45) is 16.8 Å². The highest BCUT2D eigenvalue weighted by molar-refractivity contribution is 8.22. The smallest absolute Gasteiger partial charge is 0.402 e. The Morgan fingerprint density at radius 1 is 0.978 bits per heavy atom. The van der Waals surface area contributed by atoms with Crippen LogP contribution in [0.4, 0.5) is 4.79 Å².